The second-order valence-electron chi connectivity index (χ2n) is 4.28. The van der Waals surface area contributed by atoms with Crippen LogP contribution in [0.4, 0.5) is 0 Å². The van der Waals surface area contributed by atoms with Crippen LogP contribution in [0.15, 0.2) is 0 Å². The molecule has 2 nitrogen and oxygen atoms in total. The van der Waals surface area contributed by atoms with Crippen molar-refractivity contribution in [2.75, 3.05) is 6.54 Å². The van der Waals surface area contributed by atoms with Gasteiger partial charge in [0.2, 0.25) is 5.91 Å². The van der Waals surface area contributed by atoms with Crippen LogP contribution in [0, 0.1) is 0 Å². The van der Waals surface area contributed by atoms with Crippen molar-refractivity contribution < 1.29 is 4.79 Å². The van der Waals surface area contributed by atoms with Crippen LogP contribution >= 0.6 is 9.90 Å². The summed E-state index contributed by atoms with van der Waals surface area (Å²) in [4.78, 5) is 11.3. The third-order valence-corrected chi connectivity index (χ3v) is 2.90. The Bertz CT molecular complexity index is 146. The van der Waals surface area contributed by atoms with Crippen LogP contribution in [0.1, 0.15) is 64.2 Å². The molecule has 0 aromatic rings. The first kappa shape index (κ1) is 14.9. The molecule has 0 spiro atoms. The summed E-state index contributed by atoms with van der Waals surface area (Å²) in [6.45, 7) is 0.888. The number of rotatable bonds is 0. The number of hydrogen-bond donors (Lipinski definition) is 1. The maximum atomic E-state index is 11.3. The highest BCUT2D eigenvalue weighted by atomic mass is 31.0. The van der Waals surface area contributed by atoms with Crippen LogP contribution in [-0.4, -0.2) is 12.5 Å². The van der Waals surface area contributed by atoms with Gasteiger partial charge >= 0.3 is 0 Å². The fraction of sp³-hybridized carbons (Fsp3) is 0.917. The molecule has 1 N–H and O–H groups in total. The lowest BCUT2D eigenvalue weighted by Crippen LogP contribution is -2.23. The third kappa shape index (κ3) is 8.87. The fourth-order valence-corrected chi connectivity index (χ4v) is 1.96. The van der Waals surface area contributed by atoms with Crippen molar-refractivity contribution in [3.05, 3.63) is 0 Å². The Balaban J connectivity index is 0.00000196. The summed E-state index contributed by atoms with van der Waals surface area (Å²) < 4.78 is 0. The van der Waals surface area contributed by atoms with E-state index in [0.29, 0.717) is 0 Å². The van der Waals surface area contributed by atoms with E-state index >= 15 is 0 Å². The summed E-state index contributed by atoms with van der Waals surface area (Å²) in [6.07, 6.45) is 12.3. The summed E-state index contributed by atoms with van der Waals surface area (Å²) >= 11 is 0. The standard InChI is InChI=1S/C12H23NO.H3P/c14-12-10-8-6-4-2-1-3-5-7-9-11-13-12;/h1-11H2,(H,13,14);1H3. The lowest BCUT2D eigenvalue weighted by Gasteiger charge is -2.03. The van der Waals surface area contributed by atoms with Gasteiger partial charge in [0.05, 0.1) is 0 Å². The highest BCUT2D eigenvalue weighted by Gasteiger charge is 2.01. The molecule has 1 saturated heterocycles. The smallest absolute Gasteiger partial charge is 0.219 e. The Kier molecular flexibility index (Phi) is 10.3. The van der Waals surface area contributed by atoms with Crippen molar-refractivity contribution in [1.82, 2.24) is 5.32 Å². The molecule has 0 aromatic carbocycles. The van der Waals surface area contributed by atoms with E-state index in [4.69, 9.17) is 0 Å². The van der Waals surface area contributed by atoms with E-state index in [1.54, 1.807) is 0 Å². The highest BCUT2D eigenvalue weighted by Crippen LogP contribution is 2.11. The Morgan fingerprint density at radius 3 is 1.80 bits per heavy atom. The Morgan fingerprint density at radius 2 is 1.20 bits per heavy atom. The molecule has 3 heteroatoms. The second kappa shape index (κ2) is 10.4. The van der Waals surface area contributed by atoms with Crippen molar-refractivity contribution in [1.29, 1.82) is 0 Å². The molecular weight excluding hydrogens is 205 g/mol. The number of hydrogen-bond acceptors (Lipinski definition) is 1. The van der Waals surface area contributed by atoms with E-state index in [9.17, 15) is 4.79 Å². The van der Waals surface area contributed by atoms with Gasteiger partial charge in [0.15, 0.2) is 0 Å². The van der Waals surface area contributed by atoms with E-state index in [2.05, 4.69) is 5.32 Å². The summed E-state index contributed by atoms with van der Waals surface area (Å²) in [5, 5.41) is 2.98. The third-order valence-electron chi connectivity index (χ3n) is 2.90. The number of amides is 1. The number of carbonyl (C=O) groups excluding carboxylic acids is 1. The molecule has 1 amide bonds. The van der Waals surface area contributed by atoms with E-state index in [-0.39, 0.29) is 15.8 Å². The molecule has 0 aromatic heterocycles. The highest BCUT2D eigenvalue weighted by molar-refractivity contribution is 6.92. The summed E-state index contributed by atoms with van der Waals surface area (Å²) in [5.41, 5.74) is 0. The largest absolute Gasteiger partial charge is 0.356 e. The van der Waals surface area contributed by atoms with E-state index < -0.39 is 0 Å². The second-order valence-corrected chi connectivity index (χ2v) is 4.28. The molecule has 1 heterocycles. The van der Waals surface area contributed by atoms with Crippen LogP contribution in [0.5, 0.6) is 0 Å². The minimum atomic E-state index is 0. The molecule has 15 heavy (non-hydrogen) atoms. The molecule has 0 bridgehead atoms. The molecule has 0 aliphatic carbocycles. The van der Waals surface area contributed by atoms with Gasteiger partial charge in [-0.1, -0.05) is 44.9 Å². The minimum Gasteiger partial charge on any atom is -0.356 e. The van der Waals surface area contributed by atoms with E-state index in [0.717, 1.165) is 25.8 Å². The lowest BCUT2D eigenvalue weighted by atomic mass is 10.1. The lowest BCUT2D eigenvalue weighted by molar-refractivity contribution is -0.121. The molecule has 0 saturated carbocycles. The van der Waals surface area contributed by atoms with Crippen LogP contribution < -0.4 is 5.32 Å². The molecule has 1 atom stereocenters. The predicted molar refractivity (Wildman–Crippen MR) is 70.3 cm³/mol. The van der Waals surface area contributed by atoms with Crippen molar-refractivity contribution in [3.63, 3.8) is 0 Å². The first-order valence-electron chi connectivity index (χ1n) is 6.16. The SMILES string of the molecule is O=C1CCCCCCCCCCCN1.P. The van der Waals surface area contributed by atoms with Gasteiger partial charge in [0.1, 0.15) is 0 Å². The van der Waals surface area contributed by atoms with E-state index in [1.807, 2.05) is 0 Å². The molecule has 1 rings (SSSR count). The monoisotopic (exact) mass is 231 g/mol. The van der Waals surface area contributed by atoms with Gasteiger partial charge in [-0.3, -0.25) is 4.79 Å². The fourth-order valence-electron chi connectivity index (χ4n) is 1.96. The first-order chi connectivity index (χ1) is 6.89. The molecule has 90 valence electrons. The topological polar surface area (TPSA) is 29.1 Å². The quantitative estimate of drug-likeness (QED) is 0.638. The Morgan fingerprint density at radius 1 is 0.733 bits per heavy atom. The molecule has 1 aliphatic heterocycles. The normalized spacial score (nSPS) is 21.2. The van der Waals surface area contributed by atoms with Crippen molar-refractivity contribution in [3.8, 4) is 0 Å². The van der Waals surface area contributed by atoms with Gasteiger partial charge in [-0.2, -0.15) is 9.90 Å². The number of carbonyl (C=O) groups is 1. The van der Waals surface area contributed by atoms with E-state index in [1.165, 1.54) is 44.9 Å². The Hall–Kier alpha value is -0.100. The van der Waals surface area contributed by atoms with Gasteiger partial charge in [-0.05, 0) is 12.8 Å². The predicted octanol–water partition coefficient (Wildman–Crippen LogP) is 3.08. The van der Waals surface area contributed by atoms with Crippen LogP contribution in [0.3, 0.4) is 0 Å². The Labute approximate surface area is 97.2 Å². The molecule has 0 radical (unpaired) electrons. The van der Waals surface area contributed by atoms with Gasteiger partial charge < -0.3 is 5.32 Å². The average Bonchev–Trinajstić information content (AvgIpc) is 2.20. The maximum Gasteiger partial charge on any atom is 0.219 e. The zero-order valence-corrected chi connectivity index (χ0v) is 11.3. The molecular formula is C12H26NOP. The maximum absolute atomic E-state index is 11.3. The molecule has 1 unspecified atom stereocenters. The van der Waals surface area contributed by atoms with Gasteiger partial charge in [-0.15, -0.1) is 0 Å². The summed E-state index contributed by atoms with van der Waals surface area (Å²) in [5.74, 6) is 0.254. The minimum absolute atomic E-state index is 0. The van der Waals surface area contributed by atoms with Crippen LogP contribution in [0.25, 0.3) is 0 Å². The number of nitrogens with one attached hydrogen (secondary N) is 1. The van der Waals surface area contributed by atoms with Crippen LogP contribution in [-0.2, 0) is 4.79 Å². The molecule has 1 aliphatic rings. The average molecular weight is 231 g/mol. The van der Waals surface area contributed by atoms with Crippen molar-refractivity contribution in [2.24, 2.45) is 0 Å². The van der Waals surface area contributed by atoms with Crippen LogP contribution in [0.2, 0.25) is 0 Å². The van der Waals surface area contributed by atoms with Gasteiger partial charge in [-0.25, -0.2) is 0 Å². The zero-order valence-electron chi connectivity index (χ0n) is 9.89. The summed E-state index contributed by atoms with van der Waals surface area (Å²) in [7, 11) is 0. The zero-order chi connectivity index (χ0) is 10.1. The molecule has 1 fully saturated rings. The van der Waals surface area contributed by atoms with Crippen molar-refractivity contribution >= 4 is 15.8 Å². The first-order valence-corrected chi connectivity index (χ1v) is 6.16. The van der Waals surface area contributed by atoms with Crippen molar-refractivity contribution in [2.45, 2.75) is 64.2 Å². The van der Waals surface area contributed by atoms with Gasteiger partial charge in [0, 0.05) is 13.0 Å². The van der Waals surface area contributed by atoms with Gasteiger partial charge in [0.25, 0.3) is 0 Å². The summed E-state index contributed by atoms with van der Waals surface area (Å²) in [6, 6.07) is 0.